The smallest absolute Gasteiger partial charge is 0.319 e. The second kappa shape index (κ2) is 4.14. The van der Waals surface area contributed by atoms with E-state index in [2.05, 4.69) is 5.32 Å². The lowest BCUT2D eigenvalue weighted by Gasteiger charge is -2.22. The van der Waals surface area contributed by atoms with Crippen molar-refractivity contribution in [2.45, 2.75) is 29.1 Å². The Bertz CT molecular complexity index is 661. The summed E-state index contributed by atoms with van der Waals surface area (Å²) >= 11 is 12.0. The average molecular weight is 325 g/mol. The van der Waals surface area contributed by atoms with Crippen molar-refractivity contribution in [1.29, 1.82) is 0 Å². The first-order chi connectivity index (χ1) is 9.94. The van der Waals surface area contributed by atoms with Gasteiger partial charge in [-0.1, -0.05) is 24.3 Å². The number of hydrogen-bond donors (Lipinski definition) is 1. The fraction of sp³-hybridized carbons (Fsp3) is 0.467. The number of urea groups is 1. The molecule has 3 aliphatic rings. The number of amides is 3. The molecule has 2 fully saturated rings. The Kier molecular flexibility index (Phi) is 2.64. The zero-order chi connectivity index (χ0) is 14.8. The zero-order valence-electron chi connectivity index (χ0n) is 11.2. The van der Waals surface area contributed by atoms with Crippen LogP contribution in [0.2, 0.25) is 0 Å². The van der Waals surface area contributed by atoms with Gasteiger partial charge >= 0.3 is 6.03 Å². The van der Waals surface area contributed by atoms with E-state index in [1.165, 1.54) is 4.90 Å². The minimum atomic E-state index is -0.885. The molecule has 1 N–H and O–H groups in total. The van der Waals surface area contributed by atoms with Crippen LogP contribution in [0.3, 0.4) is 0 Å². The van der Waals surface area contributed by atoms with Gasteiger partial charge in [-0.15, -0.1) is 23.2 Å². The van der Waals surface area contributed by atoms with E-state index in [0.717, 1.165) is 17.5 Å². The topological polar surface area (TPSA) is 49.4 Å². The normalized spacial score (nSPS) is 32.5. The molecule has 0 unspecified atom stereocenters. The van der Waals surface area contributed by atoms with Gasteiger partial charge in [-0.2, -0.15) is 0 Å². The van der Waals surface area contributed by atoms with E-state index < -0.39 is 9.87 Å². The number of benzene rings is 1. The van der Waals surface area contributed by atoms with Gasteiger partial charge in [-0.05, 0) is 30.4 Å². The Morgan fingerprint density at radius 3 is 2.71 bits per heavy atom. The molecule has 1 saturated heterocycles. The number of aryl methyl sites for hydroxylation is 1. The quantitative estimate of drug-likeness (QED) is 0.671. The maximum Gasteiger partial charge on any atom is 0.325 e. The molecule has 3 amide bonds. The third kappa shape index (κ3) is 1.82. The van der Waals surface area contributed by atoms with Crippen molar-refractivity contribution in [3.8, 4) is 0 Å². The fourth-order valence-electron chi connectivity index (χ4n) is 3.44. The number of carbonyl (C=O) groups is 2. The minimum absolute atomic E-state index is 0.0256. The van der Waals surface area contributed by atoms with Crippen LogP contribution < -0.4 is 5.32 Å². The molecule has 1 aromatic rings. The maximum absolute atomic E-state index is 12.8. The number of rotatable bonds is 2. The molecule has 0 aromatic heterocycles. The van der Waals surface area contributed by atoms with Crippen LogP contribution in [0.25, 0.3) is 0 Å². The highest BCUT2D eigenvalue weighted by molar-refractivity contribution is 6.50. The molecule has 110 valence electrons. The van der Waals surface area contributed by atoms with Crippen molar-refractivity contribution in [3.63, 3.8) is 0 Å². The molecule has 4 nitrogen and oxygen atoms in total. The van der Waals surface area contributed by atoms with E-state index in [1.54, 1.807) is 0 Å². The van der Waals surface area contributed by atoms with Crippen LogP contribution in [-0.2, 0) is 16.8 Å². The predicted octanol–water partition coefficient (Wildman–Crippen LogP) is 2.57. The largest absolute Gasteiger partial charge is 0.325 e. The van der Waals surface area contributed by atoms with E-state index >= 15 is 0 Å². The highest BCUT2D eigenvalue weighted by Gasteiger charge is 2.59. The number of imide groups is 1. The molecule has 1 heterocycles. The third-order valence-electron chi connectivity index (χ3n) is 4.78. The highest BCUT2D eigenvalue weighted by Crippen LogP contribution is 2.54. The molecule has 21 heavy (non-hydrogen) atoms. The molecule has 2 aliphatic carbocycles. The monoisotopic (exact) mass is 324 g/mol. The molecular formula is C15H14Cl2N2O2. The van der Waals surface area contributed by atoms with Crippen molar-refractivity contribution in [3.05, 3.63) is 35.4 Å². The summed E-state index contributed by atoms with van der Waals surface area (Å²) in [6.07, 6.45) is 2.04. The number of nitrogens with zero attached hydrogens (tertiary/aromatic N) is 1. The van der Waals surface area contributed by atoms with E-state index in [-0.39, 0.29) is 17.9 Å². The first kappa shape index (κ1) is 13.4. The SMILES string of the molecule is O=C1N[C@]2(CCc3ccccc32)C(=O)N1C[C@@H]1CC1(Cl)Cl. The summed E-state index contributed by atoms with van der Waals surface area (Å²) in [4.78, 5) is 26.3. The van der Waals surface area contributed by atoms with Crippen molar-refractivity contribution in [2.24, 2.45) is 5.92 Å². The highest BCUT2D eigenvalue weighted by atomic mass is 35.5. The van der Waals surface area contributed by atoms with Crippen LogP contribution in [0.15, 0.2) is 24.3 Å². The number of hydrogen-bond acceptors (Lipinski definition) is 2. The third-order valence-corrected chi connectivity index (χ3v) is 5.71. The van der Waals surface area contributed by atoms with Gasteiger partial charge in [0.1, 0.15) is 9.87 Å². The van der Waals surface area contributed by atoms with Crippen molar-refractivity contribution in [2.75, 3.05) is 6.54 Å². The predicted molar refractivity (Wildman–Crippen MR) is 79.2 cm³/mol. The summed E-state index contributed by atoms with van der Waals surface area (Å²) in [5, 5.41) is 2.90. The molecule has 0 radical (unpaired) electrons. The first-order valence-corrected chi connectivity index (χ1v) is 7.80. The standard InChI is InChI=1S/C15H14Cl2N2O2/c16-15(17)7-10(15)8-19-12(20)14(18-13(19)21)6-5-9-3-1-2-4-11(9)14/h1-4,10H,5-8H2,(H,18,21)/t10-,14-/m0/s1. The summed E-state index contributed by atoms with van der Waals surface area (Å²) in [5.41, 5.74) is 1.16. The lowest BCUT2D eigenvalue weighted by Crippen LogP contribution is -2.42. The zero-order valence-corrected chi connectivity index (χ0v) is 12.7. The number of nitrogens with one attached hydrogen (secondary N) is 1. The van der Waals surface area contributed by atoms with Gasteiger partial charge in [0.15, 0.2) is 0 Å². The van der Waals surface area contributed by atoms with Gasteiger partial charge in [0.25, 0.3) is 5.91 Å². The number of alkyl halides is 2. The van der Waals surface area contributed by atoms with Crippen molar-refractivity contribution in [1.82, 2.24) is 10.2 Å². The number of halogens is 2. The van der Waals surface area contributed by atoms with E-state index in [1.807, 2.05) is 24.3 Å². The summed E-state index contributed by atoms with van der Waals surface area (Å²) in [6, 6.07) is 7.45. The van der Waals surface area contributed by atoms with Gasteiger partial charge in [0.2, 0.25) is 0 Å². The summed E-state index contributed by atoms with van der Waals surface area (Å²) in [6.45, 7) is 0.293. The summed E-state index contributed by atoms with van der Waals surface area (Å²) < 4.78 is -0.788. The van der Waals surface area contributed by atoms with Crippen LogP contribution in [0, 0.1) is 5.92 Å². The molecule has 6 heteroatoms. The van der Waals surface area contributed by atoms with E-state index in [0.29, 0.717) is 19.4 Å². The Hall–Kier alpha value is -1.26. The van der Waals surface area contributed by atoms with Gasteiger partial charge in [0.05, 0.1) is 0 Å². The van der Waals surface area contributed by atoms with Crippen LogP contribution in [0.5, 0.6) is 0 Å². The Morgan fingerprint density at radius 2 is 2.00 bits per heavy atom. The van der Waals surface area contributed by atoms with Crippen LogP contribution in [0.4, 0.5) is 4.79 Å². The summed E-state index contributed by atoms with van der Waals surface area (Å²) in [7, 11) is 0. The Balaban J connectivity index is 1.65. The van der Waals surface area contributed by atoms with Crippen molar-refractivity contribution >= 4 is 35.1 Å². The Labute approximate surface area is 132 Å². The molecule has 0 bridgehead atoms. The Morgan fingerprint density at radius 1 is 1.29 bits per heavy atom. The molecule has 1 aliphatic heterocycles. The van der Waals surface area contributed by atoms with Gasteiger partial charge in [-0.25, -0.2) is 4.79 Å². The van der Waals surface area contributed by atoms with Gasteiger partial charge < -0.3 is 5.32 Å². The van der Waals surface area contributed by atoms with Gasteiger partial charge in [0, 0.05) is 12.5 Å². The molecular weight excluding hydrogens is 311 g/mol. The van der Waals surface area contributed by atoms with Crippen LogP contribution in [0.1, 0.15) is 24.0 Å². The second-order valence-corrected chi connectivity index (χ2v) is 7.61. The molecule has 1 aromatic carbocycles. The first-order valence-electron chi connectivity index (χ1n) is 7.04. The average Bonchev–Trinajstić information content (AvgIpc) is 2.79. The van der Waals surface area contributed by atoms with E-state index in [4.69, 9.17) is 23.2 Å². The lowest BCUT2D eigenvalue weighted by molar-refractivity contribution is -0.131. The number of carbonyl (C=O) groups excluding carboxylic acids is 2. The summed E-state index contributed by atoms with van der Waals surface area (Å²) in [5.74, 6) is -0.198. The fourth-order valence-corrected chi connectivity index (χ4v) is 3.95. The molecule has 1 spiro atoms. The van der Waals surface area contributed by atoms with Gasteiger partial charge in [-0.3, -0.25) is 9.69 Å². The van der Waals surface area contributed by atoms with Crippen LogP contribution in [-0.4, -0.2) is 27.7 Å². The number of fused-ring (bicyclic) bond motifs is 2. The molecule has 4 rings (SSSR count). The second-order valence-electron chi connectivity index (χ2n) is 6.07. The minimum Gasteiger partial charge on any atom is -0.319 e. The van der Waals surface area contributed by atoms with Crippen molar-refractivity contribution < 1.29 is 9.59 Å². The maximum atomic E-state index is 12.8. The molecule has 1 saturated carbocycles. The molecule has 2 atom stereocenters. The van der Waals surface area contributed by atoms with E-state index in [9.17, 15) is 9.59 Å². The van der Waals surface area contributed by atoms with Crippen LogP contribution >= 0.6 is 23.2 Å². The lowest BCUT2D eigenvalue weighted by atomic mass is 9.92.